The zero-order chi connectivity index (χ0) is 21.1. The van der Waals surface area contributed by atoms with Gasteiger partial charge in [0.25, 0.3) is 0 Å². The number of hydrogen-bond donors (Lipinski definition) is 1. The molecule has 0 atom stereocenters. The van der Waals surface area contributed by atoms with Crippen LogP contribution in [0, 0.1) is 0 Å². The number of hydrogen-bond acceptors (Lipinski definition) is 5. The van der Waals surface area contributed by atoms with Gasteiger partial charge in [-0.3, -0.25) is 4.79 Å². The lowest BCUT2D eigenvalue weighted by molar-refractivity contribution is 0.0929. The second-order valence-electron chi connectivity index (χ2n) is 6.27. The van der Waals surface area contributed by atoms with Gasteiger partial charge in [0.15, 0.2) is 5.76 Å². The van der Waals surface area contributed by atoms with E-state index in [2.05, 4.69) is 26.5 Å². The Hall–Kier alpha value is -3.03. The number of amides is 1. The summed E-state index contributed by atoms with van der Waals surface area (Å²) in [7, 11) is 0. The van der Waals surface area contributed by atoms with Crippen molar-refractivity contribution in [2.75, 3.05) is 6.61 Å². The molecule has 152 valence electrons. The van der Waals surface area contributed by atoms with Crippen LogP contribution in [0.1, 0.15) is 23.2 Å². The van der Waals surface area contributed by atoms with Crippen molar-refractivity contribution in [3.05, 3.63) is 75.6 Å². The summed E-state index contributed by atoms with van der Waals surface area (Å²) in [5.74, 6) is 1.53. The summed E-state index contributed by atoms with van der Waals surface area (Å²) in [5.41, 5.74) is 3.86. The maximum absolute atomic E-state index is 12.3. The number of nitrogens with one attached hydrogen (secondary N) is 1. The highest BCUT2D eigenvalue weighted by molar-refractivity contribution is 9.10. The average molecular weight is 488 g/mol. The average Bonchev–Trinajstić information content (AvgIpc) is 3.37. The summed E-state index contributed by atoms with van der Waals surface area (Å²) in [4.78, 5) is 12.3. The molecule has 2 heterocycles. The van der Waals surface area contributed by atoms with Crippen LogP contribution in [0.25, 0.3) is 22.3 Å². The first-order chi connectivity index (χ1) is 14.5. The Morgan fingerprint density at radius 3 is 2.83 bits per heavy atom. The van der Waals surface area contributed by atoms with E-state index in [9.17, 15) is 4.79 Å². The molecule has 0 aliphatic heterocycles. The van der Waals surface area contributed by atoms with Gasteiger partial charge in [-0.25, -0.2) is 5.43 Å². The summed E-state index contributed by atoms with van der Waals surface area (Å²) >= 11 is 9.48. The van der Waals surface area contributed by atoms with Crippen molar-refractivity contribution in [3.63, 3.8) is 0 Å². The van der Waals surface area contributed by atoms with Crippen molar-refractivity contribution in [3.8, 4) is 17.1 Å². The molecule has 0 bridgehead atoms. The Bertz CT molecular complexity index is 1250. The number of ether oxygens (including phenoxy) is 1. The van der Waals surface area contributed by atoms with E-state index in [0.717, 1.165) is 21.2 Å². The number of fused-ring (bicyclic) bond motifs is 1. The molecule has 2 aromatic heterocycles. The van der Waals surface area contributed by atoms with E-state index >= 15 is 0 Å². The van der Waals surface area contributed by atoms with Gasteiger partial charge >= 0.3 is 5.91 Å². The van der Waals surface area contributed by atoms with E-state index in [1.165, 1.54) is 6.21 Å². The molecule has 4 rings (SSSR count). The SMILES string of the molecule is CCOc1ccc2oc(C(=O)N/N=C/c3ccc(-c4ccc(Br)c(Cl)c4)o3)cc2c1. The van der Waals surface area contributed by atoms with Gasteiger partial charge in [-0.2, -0.15) is 5.10 Å². The Labute approximate surface area is 185 Å². The lowest BCUT2D eigenvalue weighted by Gasteiger charge is -2.00. The predicted molar refractivity (Wildman–Crippen MR) is 119 cm³/mol. The van der Waals surface area contributed by atoms with Gasteiger partial charge in [-0.15, -0.1) is 0 Å². The largest absolute Gasteiger partial charge is 0.494 e. The zero-order valence-electron chi connectivity index (χ0n) is 15.8. The number of rotatable bonds is 6. The van der Waals surface area contributed by atoms with Crippen LogP contribution in [-0.2, 0) is 0 Å². The van der Waals surface area contributed by atoms with Crippen molar-refractivity contribution in [1.29, 1.82) is 0 Å². The summed E-state index contributed by atoms with van der Waals surface area (Å²) in [6.45, 7) is 2.47. The number of hydrazone groups is 1. The van der Waals surface area contributed by atoms with Crippen molar-refractivity contribution in [2.24, 2.45) is 5.10 Å². The molecule has 0 spiro atoms. The number of nitrogens with zero attached hydrogens (tertiary/aromatic N) is 1. The summed E-state index contributed by atoms with van der Waals surface area (Å²) < 4.78 is 17.6. The van der Waals surface area contributed by atoms with Crippen LogP contribution in [0.5, 0.6) is 5.75 Å². The quantitative estimate of drug-likeness (QED) is 0.257. The first-order valence-electron chi connectivity index (χ1n) is 9.08. The van der Waals surface area contributed by atoms with Crippen LogP contribution in [0.4, 0.5) is 0 Å². The highest BCUT2D eigenvalue weighted by atomic mass is 79.9. The number of furan rings is 2. The molecule has 0 unspecified atom stereocenters. The third kappa shape index (κ3) is 4.42. The first-order valence-corrected chi connectivity index (χ1v) is 10.3. The molecule has 1 amide bonds. The molecule has 8 heteroatoms. The van der Waals surface area contributed by atoms with Crippen LogP contribution >= 0.6 is 27.5 Å². The van der Waals surface area contributed by atoms with E-state index in [0.29, 0.717) is 28.7 Å². The molecule has 4 aromatic rings. The van der Waals surface area contributed by atoms with E-state index in [1.54, 1.807) is 36.4 Å². The third-order valence-electron chi connectivity index (χ3n) is 4.21. The van der Waals surface area contributed by atoms with E-state index in [1.807, 2.05) is 25.1 Å². The number of carbonyl (C=O) groups excluding carboxylic acids is 1. The molecular weight excluding hydrogens is 472 g/mol. The van der Waals surface area contributed by atoms with Gasteiger partial charge in [-0.05, 0) is 71.4 Å². The highest BCUT2D eigenvalue weighted by Crippen LogP contribution is 2.29. The van der Waals surface area contributed by atoms with Crippen molar-refractivity contribution >= 4 is 50.6 Å². The van der Waals surface area contributed by atoms with Crippen LogP contribution in [0.15, 0.2) is 73.0 Å². The topological polar surface area (TPSA) is 77.0 Å². The van der Waals surface area contributed by atoms with Crippen LogP contribution in [-0.4, -0.2) is 18.7 Å². The van der Waals surface area contributed by atoms with Gasteiger partial charge in [0.2, 0.25) is 0 Å². The lowest BCUT2D eigenvalue weighted by Crippen LogP contribution is -2.16. The molecule has 1 N–H and O–H groups in total. The fourth-order valence-electron chi connectivity index (χ4n) is 2.83. The normalized spacial score (nSPS) is 11.3. The van der Waals surface area contributed by atoms with E-state index in [-0.39, 0.29) is 5.76 Å². The Balaban J connectivity index is 1.43. The lowest BCUT2D eigenvalue weighted by atomic mass is 10.2. The van der Waals surface area contributed by atoms with E-state index < -0.39 is 5.91 Å². The summed E-state index contributed by atoms with van der Waals surface area (Å²) in [5, 5.41) is 5.30. The fourth-order valence-corrected chi connectivity index (χ4v) is 3.25. The number of benzene rings is 2. The molecule has 0 radical (unpaired) electrons. The maximum atomic E-state index is 12.3. The smallest absolute Gasteiger partial charge is 0.307 e. The predicted octanol–water partition coefficient (Wildman–Crippen LogP) is 6.27. The molecule has 6 nitrogen and oxygen atoms in total. The molecule has 0 aliphatic rings. The maximum Gasteiger partial charge on any atom is 0.307 e. The monoisotopic (exact) mass is 486 g/mol. The minimum absolute atomic E-state index is 0.153. The van der Waals surface area contributed by atoms with Gasteiger partial charge in [-0.1, -0.05) is 17.7 Å². The van der Waals surface area contributed by atoms with Gasteiger partial charge in [0, 0.05) is 15.4 Å². The standard InChI is InChI=1S/C22H16BrClN2O4/c1-2-28-15-4-7-20-14(9-15)11-21(30-20)22(27)26-25-12-16-5-8-19(29-16)13-3-6-17(23)18(24)10-13/h3-12H,2H2,1H3,(H,26,27)/b25-12+. The first kappa shape index (κ1) is 20.3. The zero-order valence-corrected chi connectivity index (χ0v) is 18.2. The third-order valence-corrected chi connectivity index (χ3v) is 5.44. The minimum atomic E-state index is -0.466. The number of carbonyl (C=O) groups is 1. The molecule has 30 heavy (non-hydrogen) atoms. The fraction of sp³-hybridized carbons (Fsp3) is 0.0909. The van der Waals surface area contributed by atoms with Gasteiger partial charge in [0.1, 0.15) is 22.9 Å². The Kier molecular flexibility index (Phi) is 5.92. The van der Waals surface area contributed by atoms with E-state index in [4.69, 9.17) is 25.2 Å². The van der Waals surface area contributed by atoms with Crippen molar-refractivity contribution in [1.82, 2.24) is 5.43 Å². The highest BCUT2D eigenvalue weighted by Gasteiger charge is 2.12. The van der Waals surface area contributed by atoms with Crippen molar-refractivity contribution in [2.45, 2.75) is 6.92 Å². The van der Waals surface area contributed by atoms with Crippen molar-refractivity contribution < 1.29 is 18.4 Å². The molecule has 0 saturated heterocycles. The second-order valence-corrected chi connectivity index (χ2v) is 7.53. The molecule has 2 aromatic carbocycles. The van der Waals surface area contributed by atoms with Gasteiger partial charge < -0.3 is 13.6 Å². The summed E-state index contributed by atoms with van der Waals surface area (Å²) in [6, 6.07) is 16.1. The molecule has 0 fully saturated rings. The molecule has 0 saturated carbocycles. The van der Waals surface area contributed by atoms with Crippen LogP contribution < -0.4 is 10.2 Å². The molecule has 0 aliphatic carbocycles. The summed E-state index contributed by atoms with van der Waals surface area (Å²) in [6.07, 6.45) is 1.41. The Morgan fingerprint density at radius 2 is 2.03 bits per heavy atom. The van der Waals surface area contributed by atoms with Gasteiger partial charge in [0.05, 0.1) is 17.8 Å². The van der Waals surface area contributed by atoms with Crippen LogP contribution in [0.3, 0.4) is 0 Å². The molecular formula is C22H16BrClN2O4. The number of halogens is 2. The second kappa shape index (κ2) is 8.77. The minimum Gasteiger partial charge on any atom is -0.494 e. The van der Waals surface area contributed by atoms with Crippen LogP contribution in [0.2, 0.25) is 5.02 Å². The Morgan fingerprint density at radius 1 is 1.17 bits per heavy atom.